The number of anilines is 1. The summed E-state index contributed by atoms with van der Waals surface area (Å²) in [6.45, 7) is 0.595. The van der Waals surface area contributed by atoms with Crippen LogP contribution in [0.5, 0.6) is 23.0 Å². The van der Waals surface area contributed by atoms with Gasteiger partial charge in [0.25, 0.3) is 5.69 Å². The molecule has 0 aliphatic heterocycles. The molecule has 0 aromatic heterocycles. The SMILES string of the molecule is COC(=O)c1cc(OCc2ccccc2)c(OC)cc1N.COC(=O)c1cc(OCc2ccccc2)c(OC)cc1[N+](=O)[O-].[Cl][Sn][Cl]. The van der Waals surface area contributed by atoms with Crippen LogP contribution < -0.4 is 24.7 Å². The van der Waals surface area contributed by atoms with Crippen LogP contribution in [0.15, 0.2) is 84.9 Å². The molecule has 15 heteroatoms. The zero-order chi connectivity index (χ0) is 34.8. The number of hydrogen-bond donors (Lipinski definition) is 1. The second kappa shape index (κ2) is 20.7. The summed E-state index contributed by atoms with van der Waals surface area (Å²) in [7, 11) is 15.2. The standard InChI is InChI=1S/C16H15NO6.C16H17NO4.2ClH.Sn/c1-21-14-9-13(17(19)20)12(16(18)22-2)8-15(14)23-10-11-6-4-3-5-7-11;1-19-14-9-13(17)12(16(18)20-2)8-15(14)21-10-11-6-4-3-5-7-11;;;/h3-9H,10H2,1-2H3;3-9H,10,17H2,1-2H3;2*1H;/q;;;;+2/p-2. The van der Waals surface area contributed by atoms with Crippen molar-refractivity contribution in [2.75, 3.05) is 34.2 Å². The van der Waals surface area contributed by atoms with Gasteiger partial charge in [-0.25, -0.2) is 9.59 Å². The van der Waals surface area contributed by atoms with Gasteiger partial charge in [-0.05, 0) is 11.1 Å². The number of benzene rings is 4. The van der Waals surface area contributed by atoms with Gasteiger partial charge >= 0.3 is 48.7 Å². The number of nitrogen functional groups attached to an aromatic ring is 1. The zero-order valence-corrected chi connectivity index (χ0v) is 30.2. The van der Waals surface area contributed by atoms with Gasteiger partial charge in [-0.2, -0.15) is 0 Å². The fourth-order valence-corrected chi connectivity index (χ4v) is 3.85. The summed E-state index contributed by atoms with van der Waals surface area (Å²) >= 11 is -0.826. The maximum atomic E-state index is 11.7. The normalized spacial score (nSPS) is 9.74. The predicted molar refractivity (Wildman–Crippen MR) is 179 cm³/mol. The van der Waals surface area contributed by atoms with Crippen LogP contribution in [0.2, 0.25) is 0 Å². The first-order valence-electron chi connectivity index (χ1n) is 13.4. The molecule has 2 radical (unpaired) electrons. The van der Waals surface area contributed by atoms with E-state index in [0.29, 0.717) is 18.1 Å². The van der Waals surface area contributed by atoms with Crippen LogP contribution in [0, 0.1) is 10.1 Å². The van der Waals surface area contributed by atoms with Gasteiger partial charge in [0.05, 0.1) is 50.7 Å². The van der Waals surface area contributed by atoms with E-state index >= 15 is 0 Å². The third-order valence-corrected chi connectivity index (χ3v) is 6.10. The molecule has 0 heterocycles. The van der Waals surface area contributed by atoms with Crippen molar-refractivity contribution in [3.63, 3.8) is 0 Å². The Hall–Kier alpha value is -4.40. The molecule has 47 heavy (non-hydrogen) atoms. The minimum atomic E-state index is -0.826. The van der Waals surface area contributed by atoms with Crippen molar-refractivity contribution in [1.29, 1.82) is 0 Å². The van der Waals surface area contributed by atoms with E-state index in [4.69, 9.17) is 47.3 Å². The molecule has 4 aromatic rings. The van der Waals surface area contributed by atoms with Crippen molar-refractivity contribution in [3.05, 3.63) is 117 Å². The molecule has 0 spiro atoms. The molecule has 0 unspecified atom stereocenters. The molecule has 248 valence electrons. The second-order valence-electron chi connectivity index (χ2n) is 8.97. The van der Waals surface area contributed by atoms with Crippen molar-refractivity contribution in [2.45, 2.75) is 13.2 Å². The van der Waals surface area contributed by atoms with E-state index in [-0.39, 0.29) is 34.9 Å². The van der Waals surface area contributed by atoms with Gasteiger partial charge in [-0.1, -0.05) is 60.7 Å². The third-order valence-electron chi connectivity index (χ3n) is 6.10. The first-order chi connectivity index (χ1) is 22.6. The number of nitrogens with zero attached hydrogens (tertiary/aromatic N) is 1. The molecule has 0 fully saturated rings. The van der Waals surface area contributed by atoms with Crippen molar-refractivity contribution >= 4 is 60.0 Å². The summed E-state index contributed by atoms with van der Waals surface area (Å²) in [5, 5.41) is 11.1. The number of rotatable bonds is 11. The van der Waals surface area contributed by atoms with Crippen LogP contribution in [0.1, 0.15) is 31.8 Å². The molecule has 0 aliphatic carbocycles. The number of ether oxygens (including phenoxy) is 6. The van der Waals surface area contributed by atoms with Gasteiger partial charge in [0, 0.05) is 18.2 Å². The quantitative estimate of drug-likeness (QED) is 0.0573. The number of nitro benzene ring substituents is 1. The summed E-state index contributed by atoms with van der Waals surface area (Å²) in [6, 6.07) is 24.5. The van der Waals surface area contributed by atoms with Gasteiger partial charge in [0.2, 0.25) is 0 Å². The van der Waals surface area contributed by atoms with Crippen LogP contribution in [0.3, 0.4) is 0 Å². The van der Waals surface area contributed by atoms with E-state index in [1.165, 1.54) is 33.5 Å². The Morgan fingerprint density at radius 2 is 1.11 bits per heavy atom. The zero-order valence-electron chi connectivity index (χ0n) is 25.9. The second-order valence-corrected chi connectivity index (χ2v) is 13.2. The Morgan fingerprint density at radius 1 is 0.702 bits per heavy atom. The van der Waals surface area contributed by atoms with E-state index < -0.39 is 41.4 Å². The topological polar surface area (TPSA) is 159 Å². The molecule has 0 saturated heterocycles. The van der Waals surface area contributed by atoms with Crippen molar-refractivity contribution in [3.8, 4) is 23.0 Å². The fourth-order valence-electron chi connectivity index (χ4n) is 3.85. The molecule has 0 saturated carbocycles. The van der Waals surface area contributed by atoms with Crippen LogP contribution in [0.25, 0.3) is 0 Å². The van der Waals surface area contributed by atoms with Crippen molar-refractivity contribution in [2.24, 2.45) is 0 Å². The molecular weight excluding hydrogens is 762 g/mol. The van der Waals surface area contributed by atoms with Crippen LogP contribution in [0.4, 0.5) is 11.4 Å². The fraction of sp³-hybridized carbons (Fsp3) is 0.188. The van der Waals surface area contributed by atoms with Gasteiger partial charge in [-0.15, -0.1) is 0 Å². The number of nitro groups is 1. The van der Waals surface area contributed by atoms with E-state index in [0.717, 1.165) is 24.3 Å². The summed E-state index contributed by atoms with van der Waals surface area (Å²) in [4.78, 5) is 33.8. The van der Waals surface area contributed by atoms with Gasteiger partial charge in [-0.3, -0.25) is 10.1 Å². The molecule has 4 aromatic carbocycles. The van der Waals surface area contributed by atoms with E-state index in [1.807, 2.05) is 60.7 Å². The molecule has 4 rings (SSSR count). The summed E-state index contributed by atoms with van der Waals surface area (Å²) < 4.78 is 31.0. The molecule has 0 atom stereocenters. The Kier molecular flexibility index (Phi) is 17.1. The minimum absolute atomic E-state index is 0.167. The molecule has 0 aliphatic rings. The Bertz CT molecular complexity index is 1610. The van der Waals surface area contributed by atoms with Gasteiger partial charge in [0.1, 0.15) is 18.8 Å². The number of esters is 2. The molecular formula is C32H32Cl2N2O10Sn. The number of nitrogens with two attached hydrogens (primary N) is 1. The number of hydrogen-bond acceptors (Lipinski definition) is 11. The monoisotopic (exact) mass is 794 g/mol. The van der Waals surface area contributed by atoms with E-state index in [1.54, 1.807) is 6.07 Å². The predicted octanol–water partition coefficient (Wildman–Crippen LogP) is 6.61. The summed E-state index contributed by atoms with van der Waals surface area (Å²) in [5.74, 6) is -0.0293. The molecule has 12 nitrogen and oxygen atoms in total. The number of halogens is 2. The van der Waals surface area contributed by atoms with E-state index in [2.05, 4.69) is 4.74 Å². The van der Waals surface area contributed by atoms with Crippen molar-refractivity contribution < 1.29 is 42.9 Å². The Morgan fingerprint density at radius 3 is 1.51 bits per heavy atom. The van der Waals surface area contributed by atoms with Crippen LogP contribution in [-0.4, -0.2) is 64.2 Å². The van der Waals surface area contributed by atoms with Crippen LogP contribution in [-0.2, 0) is 22.7 Å². The van der Waals surface area contributed by atoms with Crippen molar-refractivity contribution in [1.82, 2.24) is 0 Å². The Labute approximate surface area is 289 Å². The molecule has 0 amide bonds. The summed E-state index contributed by atoms with van der Waals surface area (Å²) in [5.41, 5.74) is 7.67. The molecule has 2 N–H and O–H groups in total. The molecule has 0 bridgehead atoms. The number of methoxy groups -OCH3 is 4. The first-order valence-corrected chi connectivity index (χ1v) is 20.7. The van der Waals surface area contributed by atoms with Crippen LogP contribution >= 0.6 is 17.8 Å². The number of carbonyl (C=O) groups is 2. The average molecular weight is 794 g/mol. The van der Waals surface area contributed by atoms with Gasteiger partial charge in [0.15, 0.2) is 23.0 Å². The maximum absolute atomic E-state index is 11.7. The third kappa shape index (κ3) is 12.0. The Balaban J connectivity index is 0.000000303. The summed E-state index contributed by atoms with van der Waals surface area (Å²) in [6.07, 6.45) is 0. The van der Waals surface area contributed by atoms with Gasteiger partial charge < -0.3 is 34.2 Å². The first kappa shape index (κ1) is 38.8. The number of carbonyl (C=O) groups excluding carboxylic acids is 2. The van der Waals surface area contributed by atoms with E-state index in [9.17, 15) is 19.7 Å². The average Bonchev–Trinajstić information content (AvgIpc) is 3.10.